The Morgan fingerprint density at radius 3 is 2.72 bits per heavy atom. The van der Waals surface area contributed by atoms with E-state index in [4.69, 9.17) is 4.74 Å². The summed E-state index contributed by atoms with van der Waals surface area (Å²) in [6.07, 6.45) is 1.49. The number of nitrogens with zero attached hydrogens (tertiary/aromatic N) is 6. The Balaban J connectivity index is 1.41. The molecule has 0 saturated carbocycles. The standard InChI is InChI=1S/C16H17N7O2/c1-22-14-13(20-21-22)15(18-9-17-14)23-7-10(8-23)16(24)19-11-3-5-12(25-2)6-4-11/h3-6,9-10H,7-8H2,1-2H3,(H,19,24). The summed E-state index contributed by atoms with van der Waals surface area (Å²) in [7, 11) is 3.39. The third kappa shape index (κ3) is 2.73. The van der Waals surface area contributed by atoms with E-state index in [1.807, 2.05) is 29.2 Å². The monoisotopic (exact) mass is 339 g/mol. The van der Waals surface area contributed by atoms with Gasteiger partial charge in [0.1, 0.15) is 12.1 Å². The van der Waals surface area contributed by atoms with Gasteiger partial charge in [-0.05, 0) is 24.3 Å². The van der Waals surface area contributed by atoms with Crippen molar-refractivity contribution in [2.45, 2.75) is 0 Å². The topological polar surface area (TPSA) is 98.1 Å². The van der Waals surface area contributed by atoms with Gasteiger partial charge in [0.05, 0.1) is 13.0 Å². The normalized spacial score (nSPS) is 14.4. The van der Waals surface area contributed by atoms with E-state index in [1.54, 1.807) is 18.8 Å². The number of anilines is 2. The van der Waals surface area contributed by atoms with Gasteiger partial charge in [0.2, 0.25) is 5.91 Å². The number of nitrogens with one attached hydrogen (secondary N) is 1. The second-order valence-electron chi connectivity index (χ2n) is 5.90. The number of benzene rings is 1. The molecule has 1 amide bonds. The molecule has 3 aromatic rings. The SMILES string of the molecule is COc1ccc(NC(=O)C2CN(c3ncnc4c3nnn4C)C2)cc1. The smallest absolute Gasteiger partial charge is 0.231 e. The molecule has 1 saturated heterocycles. The van der Waals surface area contributed by atoms with Crippen molar-refractivity contribution in [3.05, 3.63) is 30.6 Å². The first-order chi connectivity index (χ1) is 12.2. The van der Waals surface area contributed by atoms with Gasteiger partial charge in [-0.15, -0.1) is 5.10 Å². The molecule has 1 aliphatic heterocycles. The fourth-order valence-corrected chi connectivity index (χ4v) is 2.81. The second kappa shape index (κ2) is 6.00. The molecule has 0 atom stereocenters. The maximum absolute atomic E-state index is 12.4. The van der Waals surface area contributed by atoms with E-state index in [0.717, 1.165) is 11.4 Å². The molecule has 1 N–H and O–H groups in total. The van der Waals surface area contributed by atoms with Crippen LogP contribution in [0, 0.1) is 5.92 Å². The van der Waals surface area contributed by atoms with Crippen LogP contribution in [0.15, 0.2) is 30.6 Å². The predicted octanol–water partition coefficient (Wildman–Crippen LogP) is 0.842. The molecule has 25 heavy (non-hydrogen) atoms. The quantitative estimate of drug-likeness (QED) is 0.752. The van der Waals surface area contributed by atoms with Crippen molar-refractivity contribution in [2.24, 2.45) is 13.0 Å². The highest BCUT2D eigenvalue weighted by molar-refractivity contribution is 5.95. The number of fused-ring (bicyclic) bond motifs is 1. The Morgan fingerprint density at radius 2 is 2.00 bits per heavy atom. The zero-order valence-electron chi connectivity index (χ0n) is 13.9. The van der Waals surface area contributed by atoms with Crippen LogP contribution in [-0.2, 0) is 11.8 Å². The molecule has 1 aliphatic rings. The maximum atomic E-state index is 12.4. The van der Waals surface area contributed by atoms with E-state index in [2.05, 4.69) is 25.6 Å². The first kappa shape index (κ1) is 15.3. The number of carbonyl (C=O) groups is 1. The Bertz CT molecular complexity index is 916. The summed E-state index contributed by atoms with van der Waals surface area (Å²) in [6.45, 7) is 1.18. The van der Waals surface area contributed by atoms with Crippen LogP contribution in [0.4, 0.5) is 11.5 Å². The number of amides is 1. The zero-order chi connectivity index (χ0) is 17.4. The van der Waals surface area contributed by atoms with Gasteiger partial charge in [-0.2, -0.15) is 0 Å². The lowest BCUT2D eigenvalue weighted by molar-refractivity contribution is -0.120. The summed E-state index contributed by atoms with van der Waals surface area (Å²) in [4.78, 5) is 22.8. The fourth-order valence-electron chi connectivity index (χ4n) is 2.81. The summed E-state index contributed by atoms with van der Waals surface area (Å²) in [5.74, 6) is 1.37. The van der Waals surface area contributed by atoms with Gasteiger partial charge >= 0.3 is 0 Å². The minimum Gasteiger partial charge on any atom is -0.497 e. The fraction of sp³-hybridized carbons (Fsp3) is 0.312. The largest absolute Gasteiger partial charge is 0.497 e. The highest BCUT2D eigenvalue weighted by atomic mass is 16.5. The maximum Gasteiger partial charge on any atom is 0.231 e. The van der Waals surface area contributed by atoms with E-state index >= 15 is 0 Å². The predicted molar refractivity (Wildman–Crippen MR) is 91.4 cm³/mol. The second-order valence-corrected chi connectivity index (χ2v) is 5.90. The Morgan fingerprint density at radius 1 is 1.24 bits per heavy atom. The number of methoxy groups -OCH3 is 1. The van der Waals surface area contributed by atoms with Crippen LogP contribution in [0.2, 0.25) is 0 Å². The van der Waals surface area contributed by atoms with Gasteiger partial charge in [-0.25, -0.2) is 14.6 Å². The van der Waals surface area contributed by atoms with Crippen LogP contribution in [0.1, 0.15) is 0 Å². The van der Waals surface area contributed by atoms with Crippen LogP contribution in [-0.4, -0.2) is 51.1 Å². The summed E-state index contributed by atoms with van der Waals surface area (Å²) in [6, 6.07) is 7.27. The third-order valence-electron chi connectivity index (χ3n) is 4.28. The lowest BCUT2D eigenvalue weighted by atomic mass is 9.99. The average Bonchev–Trinajstić information content (AvgIpc) is 2.96. The van der Waals surface area contributed by atoms with E-state index < -0.39 is 0 Å². The molecule has 128 valence electrons. The Hall–Kier alpha value is -3.23. The van der Waals surface area contributed by atoms with Gasteiger partial charge in [0, 0.05) is 25.8 Å². The van der Waals surface area contributed by atoms with E-state index in [0.29, 0.717) is 30.1 Å². The molecular formula is C16H17N7O2. The molecule has 1 fully saturated rings. The third-order valence-corrected chi connectivity index (χ3v) is 4.28. The van der Waals surface area contributed by atoms with Crippen LogP contribution in [0.25, 0.3) is 11.2 Å². The first-order valence-corrected chi connectivity index (χ1v) is 7.86. The number of rotatable bonds is 4. The van der Waals surface area contributed by atoms with Crippen molar-refractivity contribution in [2.75, 3.05) is 30.4 Å². The van der Waals surface area contributed by atoms with Crippen molar-refractivity contribution >= 4 is 28.6 Å². The highest BCUT2D eigenvalue weighted by Crippen LogP contribution is 2.28. The van der Waals surface area contributed by atoms with Crippen LogP contribution < -0.4 is 15.0 Å². The van der Waals surface area contributed by atoms with Gasteiger partial charge in [0.25, 0.3) is 0 Å². The lowest BCUT2D eigenvalue weighted by Crippen LogP contribution is -2.52. The van der Waals surface area contributed by atoms with Gasteiger partial charge in [0.15, 0.2) is 17.0 Å². The number of hydrogen-bond donors (Lipinski definition) is 1. The molecule has 1 aromatic carbocycles. The minimum absolute atomic E-state index is 0.00846. The van der Waals surface area contributed by atoms with Crippen molar-refractivity contribution in [3.8, 4) is 5.75 Å². The molecule has 4 rings (SSSR count). The van der Waals surface area contributed by atoms with Gasteiger partial charge in [-0.3, -0.25) is 4.79 Å². The molecule has 9 nitrogen and oxygen atoms in total. The van der Waals surface area contributed by atoms with Crippen LogP contribution in [0.3, 0.4) is 0 Å². The van der Waals surface area contributed by atoms with Crippen molar-refractivity contribution < 1.29 is 9.53 Å². The Kier molecular flexibility index (Phi) is 3.68. The van der Waals surface area contributed by atoms with Gasteiger partial charge < -0.3 is 15.0 Å². The number of aromatic nitrogens is 5. The van der Waals surface area contributed by atoms with Crippen molar-refractivity contribution in [1.82, 2.24) is 25.0 Å². The van der Waals surface area contributed by atoms with Gasteiger partial charge in [-0.1, -0.05) is 5.21 Å². The molecule has 3 heterocycles. The van der Waals surface area contributed by atoms with E-state index in [-0.39, 0.29) is 11.8 Å². The lowest BCUT2D eigenvalue weighted by Gasteiger charge is -2.38. The van der Waals surface area contributed by atoms with Crippen LogP contribution >= 0.6 is 0 Å². The van der Waals surface area contributed by atoms with Crippen LogP contribution in [0.5, 0.6) is 5.75 Å². The molecule has 0 radical (unpaired) electrons. The number of ether oxygens (including phenoxy) is 1. The number of aryl methyl sites for hydroxylation is 1. The summed E-state index contributed by atoms with van der Waals surface area (Å²) < 4.78 is 6.72. The molecule has 9 heteroatoms. The Labute approximate surface area is 143 Å². The number of carbonyl (C=O) groups excluding carboxylic acids is 1. The molecule has 2 aromatic heterocycles. The van der Waals surface area contributed by atoms with E-state index in [1.165, 1.54) is 6.33 Å². The zero-order valence-corrected chi connectivity index (χ0v) is 13.9. The summed E-state index contributed by atoms with van der Waals surface area (Å²) in [5.41, 5.74) is 2.08. The summed E-state index contributed by atoms with van der Waals surface area (Å²) >= 11 is 0. The molecule has 0 spiro atoms. The average molecular weight is 339 g/mol. The van der Waals surface area contributed by atoms with Crippen molar-refractivity contribution in [3.63, 3.8) is 0 Å². The number of hydrogen-bond acceptors (Lipinski definition) is 7. The minimum atomic E-state index is -0.0937. The summed E-state index contributed by atoms with van der Waals surface area (Å²) in [5, 5.41) is 11.0. The molecular weight excluding hydrogens is 322 g/mol. The molecule has 0 aliphatic carbocycles. The highest BCUT2D eigenvalue weighted by Gasteiger charge is 2.35. The van der Waals surface area contributed by atoms with Crippen molar-refractivity contribution in [1.29, 1.82) is 0 Å². The molecule has 0 unspecified atom stereocenters. The first-order valence-electron chi connectivity index (χ1n) is 7.86. The van der Waals surface area contributed by atoms with E-state index in [9.17, 15) is 4.79 Å². The molecule has 0 bridgehead atoms.